The second kappa shape index (κ2) is 6.29. The molecule has 0 fully saturated rings. The van der Waals surface area contributed by atoms with Crippen LogP contribution in [0.3, 0.4) is 0 Å². The van der Waals surface area contributed by atoms with E-state index < -0.39 is 0 Å². The summed E-state index contributed by atoms with van der Waals surface area (Å²) in [5.74, 6) is 0. The van der Waals surface area contributed by atoms with E-state index in [1.54, 1.807) is 0 Å². The molecule has 0 amide bonds. The van der Waals surface area contributed by atoms with Gasteiger partial charge in [0.05, 0.1) is 0 Å². The molecule has 0 radical (unpaired) electrons. The first-order chi connectivity index (χ1) is 5.31. The summed E-state index contributed by atoms with van der Waals surface area (Å²) in [4.78, 5) is 0. The van der Waals surface area contributed by atoms with Gasteiger partial charge in [-0.2, -0.15) is 0 Å². The Morgan fingerprint density at radius 2 is 1.62 bits per heavy atom. The summed E-state index contributed by atoms with van der Waals surface area (Å²) in [7, 11) is -0.376. The molecule has 0 rings (SSSR count). The smallest absolute Gasteiger partial charge is 1.00 e. The normalized spacial score (nSPS) is 13.4. The van der Waals surface area contributed by atoms with E-state index in [4.69, 9.17) is 4.43 Å². The van der Waals surface area contributed by atoms with E-state index in [9.17, 15) is 0 Å². The molecule has 0 unspecified atom stereocenters. The maximum Gasteiger partial charge on any atom is 1.00 e. The molecular formula is C10H25LiOSi. The second-order valence-electron chi connectivity index (χ2n) is 5.19. The summed E-state index contributed by atoms with van der Waals surface area (Å²) in [6.45, 7) is 14.7. The van der Waals surface area contributed by atoms with Crippen LogP contribution >= 0.6 is 0 Å². The first-order valence-corrected chi connectivity index (χ1v) is 6.17. The van der Waals surface area contributed by atoms with Gasteiger partial charge in [-0.1, -0.05) is 41.5 Å². The van der Waals surface area contributed by atoms with Crippen molar-refractivity contribution in [2.45, 2.75) is 53.0 Å². The third-order valence-electron chi connectivity index (χ3n) is 2.84. The molecule has 0 spiro atoms. The molecule has 0 aliphatic rings. The number of hydrogen-bond donors (Lipinski definition) is 0. The quantitative estimate of drug-likeness (QED) is 0.449. The van der Waals surface area contributed by atoms with Gasteiger partial charge in [0.1, 0.15) is 0 Å². The number of hydrogen-bond acceptors (Lipinski definition) is 1. The fraction of sp³-hybridized carbons (Fsp3) is 1.00. The van der Waals surface area contributed by atoms with Crippen molar-refractivity contribution in [2.24, 2.45) is 5.41 Å². The van der Waals surface area contributed by atoms with Crippen molar-refractivity contribution in [3.8, 4) is 0 Å². The van der Waals surface area contributed by atoms with Gasteiger partial charge in [-0.3, -0.25) is 0 Å². The Morgan fingerprint density at radius 1 is 1.15 bits per heavy atom. The van der Waals surface area contributed by atoms with Crippen LogP contribution in [0.4, 0.5) is 0 Å². The van der Waals surface area contributed by atoms with E-state index in [0.29, 0.717) is 10.5 Å². The van der Waals surface area contributed by atoms with Crippen molar-refractivity contribution in [1.29, 1.82) is 0 Å². The van der Waals surface area contributed by atoms with Gasteiger partial charge < -0.3 is 5.85 Å². The van der Waals surface area contributed by atoms with Crippen molar-refractivity contribution in [3.05, 3.63) is 0 Å². The molecule has 3 heteroatoms. The molecule has 0 aliphatic carbocycles. The minimum Gasteiger partial charge on any atom is -1.00 e. The van der Waals surface area contributed by atoms with E-state index in [2.05, 4.69) is 41.5 Å². The van der Waals surface area contributed by atoms with Crippen LogP contribution < -0.4 is 18.9 Å². The number of rotatable bonds is 4. The average molecular weight is 196 g/mol. The molecule has 0 bridgehead atoms. The van der Waals surface area contributed by atoms with E-state index in [1.165, 1.54) is 0 Å². The van der Waals surface area contributed by atoms with E-state index >= 15 is 0 Å². The minimum atomic E-state index is -0.376. The van der Waals surface area contributed by atoms with Crippen LogP contribution in [0.15, 0.2) is 0 Å². The Bertz CT molecular complexity index is 135. The van der Waals surface area contributed by atoms with E-state index in [0.717, 1.165) is 13.0 Å². The van der Waals surface area contributed by atoms with Gasteiger partial charge in [0.15, 0.2) is 9.76 Å². The summed E-state index contributed by atoms with van der Waals surface area (Å²) < 4.78 is 5.71. The van der Waals surface area contributed by atoms with Crippen LogP contribution in [0.25, 0.3) is 0 Å². The zero-order valence-corrected chi connectivity index (χ0v) is 11.9. The van der Waals surface area contributed by atoms with E-state index in [1.807, 2.05) is 0 Å². The van der Waals surface area contributed by atoms with Gasteiger partial charge in [0.2, 0.25) is 0 Å². The van der Waals surface area contributed by atoms with Crippen LogP contribution in [-0.4, -0.2) is 16.4 Å². The summed E-state index contributed by atoms with van der Waals surface area (Å²) in [6, 6.07) is 0. The van der Waals surface area contributed by atoms with Crippen molar-refractivity contribution < 1.29 is 24.7 Å². The summed E-state index contributed by atoms with van der Waals surface area (Å²) in [6.07, 6.45) is 1.15. The van der Waals surface area contributed by atoms with Crippen LogP contribution in [0.2, 0.25) is 5.04 Å². The van der Waals surface area contributed by atoms with Gasteiger partial charge in [-0.15, -0.1) is 0 Å². The largest absolute Gasteiger partial charge is 1.00 e. The van der Waals surface area contributed by atoms with Gasteiger partial charge in [0.25, 0.3) is 0 Å². The first kappa shape index (κ1) is 16.2. The topological polar surface area (TPSA) is 9.23 Å². The average Bonchev–Trinajstić information content (AvgIpc) is 1.85. The maximum atomic E-state index is 5.71. The van der Waals surface area contributed by atoms with Crippen LogP contribution in [0.1, 0.15) is 49.4 Å². The van der Waals surface area contributed by atoms with Gasteiger partial charge in [-0.05, 0) is 16.9 Å². The fourth-order valence-electron chi connectivity index (χ4n) is 0.688. The van der Waals surface area contributed by atoms with Gasteiger partial charge in [0, 0.05) is 6.61 Å². The first-order valence-electron chi connectivity index (χ1n) is 4.89. The molecule has 0 aliphatic heterocycles. The standard InChI is InChI=1S/C10H24OSi.Li.H/c1-7-8-11-12-10(5,6)9(2,3)4;;/h7-8,12H2,1-6H3;;/q;+1;-1. The van der Waals surface area contributed by atoms with Crippen LogP contribution in [0.5, 0.6) is 0 Å². The Morgan fingerprint density at radius 3 is 1.92 bits per heavy atom. The Kier molecular flexibility index (Phi) is 7.85. The molecule has 0 heterocycles. The Balaban J connectivity index is -0.000000605. The predicted molar refractivity (Wildman–Crippen MR) is 59.4 cm³/mol. The molecule has 0 aromatic heterocycles. The maximum absolute atomic E-state index is 5.71. The van der Waals surface area contributed by atoms with Crippen LogP contribution in [0, 0.1) is 5.41 Å². The Labute approximate surface area is 99.6 Å². The fourth-order valence-corrected chi connectivity index (χ4v) is 2.06. The summed E-state index contributed by atoms with van der Waals surface area (Å²) >= 11 is 0. The van der Waals surface area contributed by atoms with Crippen molar-refractivity contribution in [2.75, 3.05) is 6.61 Å². The SMILES string of the molecule is CCCO[SiH2]C(C)(C)C(C)(C)C.[H-].[Li+]. The molecule has 0 saturated carbocycles. The zero-order chi connectivity index (χ0) is 9.83. The Hall–Kier alpha value is 0.774. The third kappa shape index (κ3) is 5.96. The van der Waals surface area contributed by atoms with E-state index in [-0.39, 0.29) is 30.1 Å². The molecule has 1 nitrogen and oxygen atoms in total. The van der Waals surface area contributed by atoms with Gasteiger partial charge in [-0.25, -0.2) is 0 Å². The molecule has 13 heavy (non-hydrogen) atoms. The molecule has 0 aromatic rings. The summed E-state index contributed by atoms with van der Waals surface area (Å²) in [5, 5.41) is 0.405. The van der Waals surface area contributed by atoms with Crippen molar-refractivity contribution in [1.82, 2.24) is 0 Å². The van der Waals surface area contributed by atoms with Gasteiger partial charge >= 0.3 is 18.9 Å². The third-order valence-corrected chi connectivity index (χ3v) is 5.12. The molecular weight excluding hydrogens is 171 g/mol. The minimum absolute atomic E-state index is 0. The monoisotopic (exact) mass is 196 g/mol. The molecule has 76 valence electrons. The second-order valence-corrected chi connectivity index (χ2v) is 7.65. The summed E-state index contributed by atoms with van der Waals surface area (Å²) in [5.41, 5.74) is 0.382. The zero-order valence-electron chi connectivity index (χ0n) is 11.5. The molecule has 0 saturated heterocycles. The van der Waals surface area contributed by atoms with Crippen molar-refractivity contribution >= 4 is 9.76 Å². The molecule has 0 atom stereocenters. The molecule has 0 aromatic carbocycles. The van der Waals surface area contributed by atoms with Crippen molar-refractivity contribution in [3.63, 3.8) is 0 Å². The molecule has 0 N–H and O–H groups in total. The predicted octanol–water partition coefficient (Wildman–Crippen LogP) is -0.142. The van der Waals surface area contributed by atoms with Crippen LogP contribution in [-0.2, 0) is 4.43 Å².